The molecule has 1 saturated carbocycles. The lowest BCUT2D eigenvalue weighted by Gasteiger charge is -2.22. The molecule has 2 aliphatic rings. The monoisotopic (exact) mass is 466 g/mol. The second-order valence-electron chi connectivity index (χ2n) is 8.94. The first kappa shape index (κ1) is 23.8. The van der Waals surface area contributed by atoms with Crippen LogP contribution in [0.25, 0.3) is 11.1 Å². The van der Waals surface area contributed by atoms with Crippen molar-refractivity contribution < 1.29 is 29.0 Å². The highest BCUT2D eigenvalue weighted by molar-refractivity contribution is 5.85. The second-order valence-corrected chi connectivity index (χ2v) is 8.94. The average Bonchev–Trinajstić information content (AvgIpc) is 3.43. The molecule has 0 saturated heterocycles. The summed E-state index contributed by atoms with van der Waals surface area (Å²) >= 11 is 0. The summed E-state index contributed by atoms with van der Waals surface area (Å²) in [5, 5.41) is 14.8. The van der Waals surface area contributed by atoms with Gasteiger partial charge in [0.2, 0.25) is 5.91 Å². The highest BCUT2D eigenvalue weighted by atomic mass is 16.5. The number of carboxylic acids is 1. The summed E-state index contributed by atoms with van der Waals surface area (Å²) in [6.07, 6.45) is 0.458. The van der Waals surface area contributed by atoms with Gasteiger partial charge in [0.15, 0.2) is 6.04 Å². The lowest BCUT2D eigenvalue weighted by Crippen LogP contribution is -2.50. The Balaban J connectivity index is 1.29. The van der Waals surface area contributed by atoms with Crippen LogP contribution in [0.1, 0.15) is 43.2 Å². The SMILES string of the molecule is CO[C@H](C)[C@H](NC(=O)[C@@H]1CC[C@H](NC(=O)OCC2c3ccccc3-c3ccccc32)C1)C(=O)O. The number of carbonyl (C=O) groups is 3. The molecule has 2 aromatic carbocycles. The first-order valence-electron chi connectivity index (χ1n) is 11.6. The van der Waals surface area contributed by atoms with Crippen molar-refractivity contribution in [1.82, 2.24) is 10.6 Å². The molecule has 0 spiro atoms. The number of nitrogens with one attached hydrogen (secondary N) is 2. The van der Waals surface area contributed by atoms with Crippen molar-refractivity contribution in [2.75, 3.05) is 13.7 Å². The van der Waals surface area contributed by atoms with Crippen LogP contribution in [0.3, 0.4) is 0 Å². The number of carbonyl (C=O) groups excluding carboxylic acids is 2. The van der Waals surface area contributed by atoms with Crippen molar-refractivity contribution in [2.45, 2.75) is 50.3 Å². The van der Waals surface area contributed by atoms with E-state index in [9.17, 15) is 19.5 Å². The molecule has 2 amide bonds. The third-order valence-corrected chi connectivity index (χ3v) is 6.87. The van der Waals surface area contributed by atoms with Crippen LogP contribution in [0, 0.1) is 5.92 Å². The number of alkyl carbamates (subject to hydrolysis) is 1. The Kier molecular flexibility index (Phi) is 7.17. The maximum absolute atomic E-state index is 12.6. The summed E-state index contributed by atoms with van der Waals surface area (Å²) < 4.78 is 10.6. The summed E-state index contributed by atoms with van der Waals surface area (Å²) in [5.41, 5.74) is 4.62. The number of benzene rings is 2. The van der Waals surface area contributed by atoms with Crippen molar-refractivity contribution in [3.63, 3.8) is 0 Å². The molecule has 34 heavy (non-hydrogen) atoms. The van der Waals surface area contributed by atoms with E-state index in [4.69, 9.17) is 9.47 Å². The summed E-state index contributed by atoms with van der Waals surface area (Å²) in [5.74, 6) is -1.87. The Labute approximate surface area is 198 Å². The topological polar surface area (TPSA) is 114 Å². The number of carboxylic acid groups (broad SMARTS) is 1. The highest BCUT2D eigenvalue weighted by Gasteiger charge is 2.35. The number of methoxy groups -OCH3 is 1. The fourth-order valence-corrected chi connectivity index (χ4v) is 4.94. The van der Waals surface area contributed by atoms with Gasteiger partial charge >= 0.3 is 12.1 Å². The number of ether oxygens (including phenoxy) is 2. The highest BCUT2D eigenvalue weighted by Crippen LogP contribution is 2.44. The van der Waals surface area contributed by atoms with E-state index in [1.54, 1.807) is 6.92 Å². The Morgan fingerprint density at radius 2 is 1.65 bits per heavy atom. The number of amides is 2. The molecule has 8 nitrogen and oxygen atoms in total. The lowest BCUT2D eigenvalue weighted by atomic mass is 9.98. The van der Waals surface area contributed by atoms with E-state index in [-0.39, 0.29) is 30.4 Å². The van der Waals surface area contributed by atoms with Crippen molar-refractivity contribution in [1.29, 1.82) is 0 Å². The quantitative estimate of drug-likeness (QED) is 0.550. The van der Waals surface area contributed by atoms with Gasteiger partial charge in [-0.25, -0.2) is 9.59 Å². The van der Waals surface area contributed by atoms with Crippen molar-refractivity contribution in [3.05, 3.63) is 59.7 Å². The summed E-state index contributed by atoms with van der Waals surface area (Å²) in [4.78, 5) is 36.5. The van der Waals surface area contributed by atoms with Crippen LogP contribution in [-0.4, -0.2) is 55.0 Å². The number of rotatable bonds is 8. The number of aliphatic carboxylic acids is 1. The number of hydrogen-bond donors (Lipinski definition) is 3. The van der Waals surface area contributed by atoms with Crippen LogP contribution < -0.4 is 10.6 Å². The zero-order valence-corrected chi connectivity index (χ0v) is 19.3. The van der Waals surface area contributed by atoms with Gasteiger partial charge in [-0.1, -0.05) is 48.5 Å². The van der Waals surface area contributed by atoms with E-state index in [0.29, 0.717) is 19.3 Å². The molecule has 4 rings (SSSR count). The lowest BCUT2D eigenvalue weighted by molar-refractivity contribution is -0.146. The van der Waals surface area contributed by atoms with Crippen LogP contribution in [0.15, 0.2) is 48.5 Å². The molecule has 3 N–H and O–H groups in total. The molecule has 180 valence electrons. The third-order valence-electron chi connectivity index (χ3n) is 6.87. The predicted octanol–water partition coefficient (Wildman–Crippen LogP) is 3.30. The van der Waals surface area contributed by atoms with Gasteiger partial charge in [0.05, 0.1) is 6.10 Å². The largest absolute Gasteiger partial charge is 0.480 e. The molecule has 2 aromatic rings. The molecule has 8 heteroatoms. The van der Waals surface area contributed by atoms with E-state index in [1.165, 1.54) is 18.2 Å². The maximum Gasteiger partial charge on any atom is 0.407 e. The van der Waals surface area contributed by atoms with E-state index >= 15 is 0 Å². The normalized spacial score (nSPS) is 20.6. The van der Waals surface area contributed by atoms with Crippen LogP contribution in [0.2, 0.25) is 0 Å². The van der Waals surface area contributed by atoms with Crippen molar-refractivity contribution >= 4 is 18.0 Å². The van der Waals surface area contributed by atoms with Gasteiger partial charge < -0.3 is 25.2 Å². The van der Waals surface area contributed by atoms with Gasteiger partial charge in [-0.2, -0.15) is 0 Å². The Morgan fingerprint density at radius 1 is 1.03 bits per heavy atom. The van der Waals surface area contributed by atoms with Gasteiger partial charge in [-0.15, -0.1) is 0 Å². The first-order chi connectivity index (χ1) is 16.4. The van der Waals surface area contributed by atoms with Crippen LogP contribution >= 0.6 is 0 Å². The van der Waals surface area contributed by atoms with E-state index in [0.717, 1.165) is 11.1 Å². The molecular weight excluding hydrogens is 436 g/mol. The fraction of sp³-hybridized carbons (Fsp3) is 0.423. The molecule has 2 aliphatic carbocycles. The fourth-order valence-electron chi connectivity index (χ4n) is 4.94. The number of fused-ring (bicyclic) bond motifs is 3. The zero-order valence-electron chi connectivity index (χ0n) is 19.3. The molecule has 0 heterocycles. The van der Waals surface area contributed by atoms with Gasteiger partial charge in [-0.3, -0.25) is 4.79 Å². The minimum Gasteiger partial charge on any atom is -0.480 e. The Bertz CT molecular complexity index is 1030. The molecule has 0 aliphatic heterocycles. The Morgan fingerprint density at radius 3 is 2.24 bits per heavy atom. The third kappa shape index (κ3) is 4.92. The molecule has 0 unspecified atom stereocenters. The molecular formula is C26H30N2O6. The molecule has 1 fully saturated rings. The Hall–Kier alpha value is -3.39. The first-order valence-corrected chi connectivity index (χ1v) is 11.6. The zero-order chi connectivity index (χ0) is 24.2. The molecule has 0 aromatic heterocycles. The molecule has 4 atom stereocenters. The summed E-state index contributed by atoms with van der Waals surface area (Å²) in [6.45, 7) is 1.82. The summed E-state index contributed by atoms with van der Waals surface area (Å²) in [6, 6.07) is 15.0. The van der Waals surface area contributed by atoms with Gasteiger partial charge in [0.1, 0.15) is 6.61 Å². The number of hydrogen-bond acceptors (Lipinski definition) is 5. The van der Waals surface area contributed by atoms with E-state index in [2.05, 4.69) is 34.9 Å². The van der Waals surface area contributed by atoms with E-state index < -0.39 is 24.2 Å². The standard InChI is InChI=1S/C26H30N2O6/c1-15(33-2)23(25(30)31)28-24(29)16-11-12-17(13-16)27-26(32)34-14-22-20-9-5-3-7-18(20)19-8-4-6-10-21(19)22/h3-10,15-17,22-23H,11-14H2,1-2H3,(H,27,32)(H,28,29)(H,30,31)/t15-,16-,17+,23+/m1/s1. The maximum atomic E-state index is 12.6. The minimum absolute atomic E-state index is 0.0176. The van der Waals surface area contributed by atoms with E-state index in [1.807, 2.05) is 24.3 Å². The average molecular weight is 467 g/mol. The van der Waals surface area contributed by atoms with Crippen molar-refractivity contribution in [3.8, 4) is 11.1 Å². The van der Waals surface area contributed by atoms with Crippen LogP contribution in [0.5, 0.6) is 0 Å². The van der Waals surface area contributed by atoms with Gasteiger partial charge in [0, 0.05) is 25.0 Å². The van der Waals surface area contributed by atoms with Gasteiger partial charge in [-0.05, 0) is 48.4 Å². The van der Waals surface area contributed by atoms with Crippen LogP contribution in [-0.2, 0) is 19.1 Å². The predicted molar refractivity (Wildman–Crippen MR) is 125 cm³/mol. The van der Waals surface area contributed by atoms with Crippen LogP contribution in [0.4, 0.5) is 4.79 Å². The summed E-state index contributed by atoms with van der Waals surface area (Å²) in [7, 11) is 1.40. The minimum atomic E-state index is -1.14. The van der Waals surface area contributed by atoms with Crippen molar-refractivity contribution in [2.24, 2.45) is 5.92 Å². The van der Waals surface area contributed by atoms with Gasteiger partial charge in [0.25, 0.3) is 0 Å². The smallest absolute Gasteiger partial charge is 0.407 e. The molecule has 0 bridgehead atoms. The second kappa shape index (κ2) is 10.3. The molecule has 0 radical (unpaired) electrons.